The molecule has 21 heavy (non-hydrogen) atoms. The molecule has 1 aromatic heterocycles. The molecule has 1 aromatic carbocycles. The van der Waals surface area contributed by atoms with Crippen LogP contribution in [-0.2, 0) is 6.54 Å². The number of pyridine rings is 1. The molecule has 0 unspecified atom stereocenters. The van der Waals surface area contributed by atoms with Crippen LogP contribution >= 0.6 is 11.6 Å². The maximum Gasteiger partial charge on any atom is 0.271 e. The average Bonchev–Trinajstić information content (AvgIpc) is 2.48. The van der Waals surface area contributed by atoms with Crippen LogP contribution in [0.5, 0.6) is 0 Å². The maximum absolute atomic E-state index is 12.2. The van der Waals surface area contributed by atoms with E-state index in [-0.39, 0.29) is 11.6 Å². The summed E-state index contributed by atoms with van der Waals surface area (Å²) in [5, 5.41) is 6.24. The Morgan fingerprint density at radius 1 is 1.19 bits per heavy atom. The van der Waals surface area contributed by atoms with Crippen LogP contribution < -0.4 is 10.6 Å². The lowest BCUT2D eigenvalue weighted by Gasteiger charge is -2.09. The van der Waals surface area contributed by atoms with Gasteiger partial charge in [-0.1, -0.05) is 41.4 Å². The first-order chi connectivity index (χ1) is 10.1. The van der Waals surface area contributed by atoms with E-state index in [1.54, 1.807) is 12.1 Å². The van der Waals surface area contributed by atoms with Gasteiger partial charge in [0.1, 0.15) is 11.5 Å². The van der Waals surface area contributed by atoms with Gasteiger partial charge in [0.05, 0.1) is 5.02 Å². The van der Waals surface area contributed by atoms with Crippen LogP contribution in [0.3, 0.4) is 0 Å². The minimum absolute atomic E-state index is 0.238. The molecule has 0 fully saturated rings. The van der Waals surface area contributed by atoms with Gasteiger partial charge in [0.15, 0.2) is 0 Å². The fourth-order valence-electron chi connectivity index (χ4n) is 1.85. The lowest BCUT2D eigenvalue weighted by Crippen LogP contribution is -2.24. The van der Waals surface area contributed by atoms with Crippen molar-refractivity contribution < 1.29 is 4.79 Å². The van der Waals surface area contributed by atoms with Gasteiger partial charge in [-0.05, 0) is 31.5 Å². The lowest BCUT2D eigenvalue weighted by atomic mass is 10.1. The molecule has 1 heterocycles. The van der Waals surface area contributed by atoms with E-state index in [0.717, 1.165) is 12.1 Å². The van der Waals surface area contributed by atoms with Crippen molar-refractivity contribution in [1.29, 1.82) is 0 Å². The van der Waals surface area contributed by atoms with Crippen LogP contribution in [0.2, 0.25) is 5.02 Å². The third kappa shape index (κ3) is 4.20. The van der Waals surface area contributed by atoms with Crippen molar-refractivity contribution in [3.8, 4) is 0 Å². The molecule has 2 aromatic rings. The molecule has 0 spiro atoms. The smallest absolute Gasteiger partial charge is 0.271 e. The zero-order valence-corrected chi connectivity index (χ0v) is 12.9. The number of carbonyl (C=O) groups excluding carboxylic acids is 1. The quantitative estimate of drug-likeness (QED) is 0.890. The summed E-state index contributed by atoms with van der Waals surface area (Å²) in [6.07, 6.45) is 0. The molecule has 0 aliphatic rings. The Morgan fingerprint density at radius 3 is 2.57 bits per heavy atom. The van der Waals surface area contributed by atoms with E-state index in [9.17, 15) is 4.79 Å². The van der Waals surface area contributed by atoms with Crippen LogP contribution in [0.1, 0.15) is 28.5 Å². The highest BCUT2D eigenvalue weighted by Gasteiger charge is 2.12. The highest BCUT2D eigenvalue weighted by atomic mass is 35.5. The molecule has 1 amide bonds. The second-order valence-corrected chi connectivity index (χ2v) is 5.13. The summed E-state index contributed by atoms with van der Waals surface area (Å²) in [7, 11) is 0. The molecule has 2 N–H and O–H groups in total. The molecule has 0 bridgehead atoms. The fourth-order valence-corrected chi connectivity index (χ4v) is 2.04. The molecule has 4 nitrogen and oxygen atoms in total. The molecule has 110 valence electrons. The largest absolute Gasteiger partial charge is 0.370 e. The number of aryl methyl sites for hydroxylation is 1. The number of anilines is 1. The number of hydrogen-bond acceptors (Lipinski definition) is 3. The number of aromatic nitrogens is 1. The standard InChI is InChI=1S/C16H18ClN3O/c1-3-18-14-9-8-13(17)15(20-14)16(21)19-10-12-6-4-11(2)5-7-12/h4-9H,3,10H2,1-2H3,(H,18,20)(H,19,21). The van der Waals surface area contributed by atoms with E-state index in [1.807, 2.05) is 38.1 Å². The molecular weight excluding hydrogens is 286 g/mol. The Bertz CT molecular complexity index is 626. The first-order valence-corrected chi connectivity index (χ1v) is 7.22. The van der Waals surface area contributed by atoms with Gasteiger partial charge in [-0.2, -0.15) is 0 Å². The van der Waals surface area contributed by atoms with E-state index < -0.39 is 0 Å². The van der Waals surface area contributed by atoms with Gasteiger partial charge < -0.3 is 10.6 Å². The van der Waals surface area contributed by atoms with E-state index in [4.69, 9.17) is 11.6 Å². The van der Waals surface area contributed by atoms with Gasteiger partial charge >= 0.3 is 0 Å². The van der Waals surface area contributed by atoms with E-state index in [2.05, 4.69) is 15.6 Å². The van der Waals surface area contributed by atoms with Crippen molar-refractivity contribution >= 4 is 23.3 Å². The van der Waals surface area contributed by atoms with Gasteiger partial charge in [-0.15, -0.1) is 0 Å². The molecule has 0 atom stereocenters. The van der Waals surface area contributed by atoms with Gasteiger partial charge in [-0.25, -0.2) is 4.98 Å². The molecule has 2 rings (SSSR count). The Morgan fingerprint density at radius 2 is 1.90 bits per heavy atom. The third-order valence-corrected chi connectivity index (χ3v) is 3.30. The van der Waals surface area contributed by atoms with Gasteiger partial charge in [0.2, 0.25) is 0 Å². The summed E-state index contributed by atoms with van der Waals surface area (Å²) in [5.74, 6) is 0.364. The molecule has 0 saturated carbocycles. The summed E-state index contributed by atoms with van der Waals surface area (Å²) in [4.78, 5) is 16.4. The number of nitrogens with zero attached hydrogens (tertiary/aromatic N) is 1. The first-order valence-electron chi connectivity index (χ1n) is 6.84. The van der Waals surface area contributed by atoms with Crippen LogP contribution in [0, 0.1) is 6.92 Å². The Balaban J connectivity index is 2.05. The maximum atomic E-state index is 12.2. The van der Waals surface area contributed by atoms with Crippen molar-refractivity contribution in [2.45, 2.75) is 20.4 Å². The summed E-state index contributed by atoms with van der Waals surface area (Å²) in [6.45, 7) is 5.17. The topological polar surface area (TPSA) is 54.0 Å². The van der Waals surface area contributed by atoms with Crippen molar-refractivity contribution in [2.24, 2.45) is 0 Å². The Kier molecular flexibility index (Phi) is 5.17. The zero-order chi connectivity index (χ0) is 15.2. The van der Waals surface area contributed by atoms with E-state index >= 15 is 0 Å². The first kappa shape index (κ1) is 15.3. The zero-order valence-electron chi connectivity index (χ0n) is 12.1. The number of benzene rings is 1. The Hall–Kier alpha value is -2.07. The third-order valence-electron chi connectivity index (χ3n) is 2.99. The summed E-state index contributed by atoms with van der Waals surface area (Å²) < 4.78 is 0. The van der Waals surface area contributed by atoms with Gasteiger partial charge in [0, 0.05) is 13.1 Å². The van der Waals surface area contributed by atoms with Crippen molar-refractivity contribution in [3.05, 3.63) is 58.2 Å². The highest BCUT2D eigenvalue weighted by Crippen LogP contribution is 2.16. The lowest BCUT2D eigenvalue weighted by molar-refractivity contribution is 0.0946. The number of carbonyl (C=O) groups is 1. The molecule has 0 aliphatic carbocycles. The van der Waals surface area contributed by atoms with E-state index in [1.165, 1.54) is 5.56 Å². The van der Waals surface area contributed by atoms with E-state index in [0.29, 0.717) is 17.4 Å². The van der Waals surface area contributed by atoms with Crippen molar-refractivity contribution in [1.82, 2.24) is 10.3 Å². The molecule has 0 saturated heterocycles. The predicted octanol–water partition coefficient (Wildman–Crippen LogP) is 3.41. The monoisotopic (exact) mass is 303 g/mol. The molecule has 0 aliphatic heterocycles. The highest BCUT2D eigenvalue weighted by molar-refractivity contribution is 6.33. The van der Waals surface area contributed by atoms with Crippen LogP contribution in [0.15, 0.2) is 36.4 Å². The number of amides is 1. The molecule has 5 heteroatoms. The number of rotatable bonds is 5. The average molecular weight is 304 g/mol. The van der Waals surface area contributed by atoms with Crippen molar-refractivity contribution in [2.75, 3.05) is 11.9 Å². The number of hydrogen-bond donors (Lipinski definition) is 2. The summed E-state index contributed by atoms with van der Waals surface area (Å²) >= 11 is 6.04. The molecule has 0 radical (unpaired) electrons. The van der Waals surface area contributed by atoms with Crippen LogP contribution in [0.4, 0.5) is 5.82 Å². The summed E-state index contributed by atoms with van der Waals surface area (Å²) in [5.41, 5.74) is 2.46. The van der Waals surface area contributed by atoms with Gasteiger partial charge in [-0.3, -0.25) is 4.79 Å². The minimum atomic E-state index is -0.277. The SMILES string of the molecule is CCNc1ccc(Cl)c(C(=O)NCc2ccc(C)cc2)n1. The van der Waals surface area contributed by atoms with Gasteiger partial charge in [0.25, 0.3) is 5.91 Å². The predicted molar refractivity (Wildman–Crippen MR) is 85.8 cm³/mol. The van der Waals surface area contributed by atoms with Crippen molar-refractivity contribution in [3.63, 3.8) is 0 Å². The number of nitrogens with one attached hydrogen (secondary N) is 2. The molecular formula is C16H18ClN3O. The van der Waals surface area contributed by atoms with Crippen LogP contribution in [0.25, 0.3) is 0 Å². The normalized spacial score (nSPS) is 10.2. The Labute approximate surface area is 129 Å². The summed E-state index contributed by atoms with van der Waals surface area (Å²) in [6, 6.07) is 11.4. The fraction of sp³-hybridized carbons (Fsp3) is 0.250. The number of halogens is 1. The second-order valence-electron chi connectivity index (χ2n) is 4.73. The second kappa shape index (κ2) is 7.09. The van der Waals surface area contributed by atoms with Crippen LogP contribution in [-0.4, -0.2) is 17.4 Å². The minimum Gasteiger partial charge on any atom is -0.370 e.